The van der Waals surface area contributed by atoms with E-state index < -0.39 is 0 Å². The third kappa shape index (κ3) is 3.37. The molecule has 0 saturated carbocycles. The first-order valence-corrected chi connectivity index (χ1v) is 6.98. The maximum absolute atomic E-state index is 12.1. The van der Waals surface area contributed by atoms with Gasteiger partial charge in [-0.05, 0) is 55.3 Å². The van der Waals surface area contributed by atoms with Gasteiger partial charge in [-0.25, -0.2) is 0 Å². The summed E-state index contributed by atoms with van der Waals surface area (Å²) in [4.78, 5) is 12.1. The van der Waals surface area contributed by atoms with Crippen LogP contribution in [-0.2, 0) is 0 Å². The smallest absolute Gasteiger partial charge is 0.255 e. The Hall–Kier alpha value is -1.32. The van der Waals surface area contributed by atoms with Crippen molar-refractivity contribution in [3.8, 4) is 0 Å². The maximum atomic E-state index is 12.1. The van der Waals surface area contributed by atoms with Crippen molar-refractivity contribution in [2.45, 2.75) is 13.8 Å². The Morgan fingerprint density at radius 2 is 1.89 bits per heavy atom. The number of hydrogen-bond acceptors (Lipinski definition) is 1. The van der Waals surface area contributed by atoms with Gasteiger partial charge < -0.3 is 5.32 Å². The molecule has 19 heavy (non-hydrogen) atoms. The van der Waals surface area contributed by atoms with Crippen LogP contribution in [0.5, 0.6) is 0 Å². The van der Waals surface area contributed by atoms with Crippen molar-refractivity contribution >= 4 is 39.1 Å². The minimum absolute atomic E-state index is 0.165. The van der Waals surface area contributed by atoms with Gasteiger partial charge in [0.25, 0.3) is 5.91 Å². The fraction of sp³-hybridized carbons (Fsp3) is 0.133. The molecule has 0 aliphatic rings. The van der Waals surface area contributed by atoms with Crippen molar-refractivity contribution in [3.05, 3.63) is 62.6 Å². The maximum Gasteiger partial charge on any atom is 0.255 e. The molecule has 1 amide bonds. The summed E-state index contributed by atoms with van der Waals surface area (Å²) >= 11 is 9.51. The van der Waals surface area contributed by atoms with Gasteiger partial charge in [-0.2, -0.15) is 0 Å². The molecule has 4 heteroatoms. The molecule has 2 nitrogen and oxygen atoms in total. The molecule has 0 unspecified atom stereocenters. The van der Waals surface area contributed by atoms with Crippen LogP contribution >= 0.6 is 27.5 Å². The van der Waals surface area contributed by atoms with Crippen molar-refractivity contribution in [1.29, 1.82) is 0 Å². The number of halogens is 2. The van der Waals surface area contributed by atoms with E-state index >= 15 is 0 Å². The summed E-state index contributed by atoms with van der Waals surface area (Å²) in [5, 5.41) is 3.36. The largest absolute Gasteiger partial charge is 0.321 e. The van der Waals surface area contributed by atoms with E-state index in [2.05, 4.69) is 21.2 Å². The molecule has 0 heterocycles. The minimum Gasteiger partial charge on any atom is -0.321 e. The Morgan fingerprint density at radius 1 is 1.16 bits per heavy atom. The molecule has 1 N–H and O–H groups in total. The molecule has 0 spiro atoms. The topological polar surface area (TPSA) is 29.1 Å². The number of aryl methyl sites for hydroxylation is 2. The Labute approximate surface area is 125 Å². The summed E-state index contributed by atoms with van der Waals surface area (Å²) < 4.78 is 0.984. The fourth-order valence-corrected chi connectivity index (χ4v) is 2.23. The third-order valence-electron chi connectivity index (χ3n) is 2.79. The van der Waals surface area contributed by atoms with Crippen molar-refractivity contribution in [1.82, 2.24) is 0 Å². The molecule has 0 radical (unpaired) electrons. The Bertz CT molecular complexity index is 640. The van der Waals surface area contributed by atoms with Gasteiger partial charge in [0.15, 0.2) is 0 Å². The molecule has 0 saturated heterocycles. The van der Waals surface area contributed by atoms with Crippen molar-refractivity contribution in [3.63, 3.8) is 0 Å². The summed E-state index contributed by atoms with van der Waals surface area (Å²) in [6.45, 7) is 3.90. The molecule has 0 aromatic heterocycles. The van der Waals surface area contributed by atoms with Crippen LogP contribution in [0.25, 0.3) is 0 Å². The van der Waals surface area contributed by atoms with Gasteiger partial charge in [-0.15, -0.1) is 0 Å². The molecular weight excluding hydrogens is 326 g/mol. The van der Waals surface area contributed by atoms with Crippen molar-refractivity contribution < 1.29 is 4.79 Å². The molecule has 0 fully saturated rings. The van der Waals surface area contributed by atoms with E-state index in [0.717, 1.165) is 15.6 Å². The van der Waals surface area contributed by atoms with E-state index in [1.54, 1.807) is 12.1 Å². The average molecular weight is 339 g/mol. The van der Waals surface area contributed by atoms with Gasteiger partial charge in [-0.3, -0.25) is 4.79 Å². The highest BCUT2D eigenvalue weighted by Crippen LogP contribution is 2.24. The summed E-state index contributed by atoms with van der Waals surface area (Å²) in [7, 11) is 0. The lowest BCUT2D eigenvalue weighted by Crippen LogP contribution is -2.12. The van der Waals surface area contributed by atoms with Gasteiger partial charge in [0.05, 0.1) is 10.7 Å². The van der Waals surface area contributed by atoms with Crippen LogP contribution in [0.2, 0.25) is 5.02 Å². The normalized spacial score (nSPS) is 10.3. The van der Waals surface area contributed by atoms with E-state index in [1.807, 2.05) is 38.1 Å². The molecule has 2 aromatic carbocycles. The number of anilines is 1. The van der Waals surface area contributed by atoms with E-state index in [9.17, 15) is 4.79 Å². The number of rotatable bonds is 2. The van der Waals surface area contributed by atoms with E-state index in [-0.39, 0.29) is 5.91 Å². The fourth-order valence-electron chi connectivity index (χ4n) is 1.70. The van der Waals surface area contributed by atoms with Crippen LogP contribution in [0.1, 0.15) is 21.5 Å². The molecule has 98 valence electrons. The summed E-state index contributed by atoms with van der Waals surface area (Å²) in [5.41, 5.74) is 3.31. The van der Waals surface area contributed by atoms with Gasteiger partial charge in [0, 0.05) is 10.0 Å². The zero-order valence-electron chi connectivity index (χ0n) is 10.6. The van der Waals surface area contributed by atoms with Crippen LogP contribution in [0, 0.1) is 13.8 Å². The minimum atomic E-state index is -0.165. The first-order valence-electron chi connectivity index (χ1n) is 5.81. The zero-order valence-corrected chi connectivity index (χ0v) is 13.0. The third-order valence-corrected chi connectivity index (χ3v) is 4.00. The summed E-state index contributed by atoms with van der Waals surface area (Å²) in [5.74, 6) is -0.165. The number of carbonyl (C=O) groups is 1. The van der Waals surface area contributed by atoms with Gasteiger partial charge in [0.1, 0.15) is 0 Å². The molecular formula is C15H13BrClNO. The monoisotopic (exact) mass is 337 g/mol. The number of hydrogen-bond donors (Lipinski definition) is 1. The molecule has 2 aromatic rings. The SMILES string of the molecule is Cc1ccc(NC(=O)c2ccc(Br)c(C)c2)c(Cl)c1. The van der Waals surface area contributed by atoms with Crippen molar-refractivity contribution in [2.24, 2.45) is 0 Å². The second-order valence-electron chi connectivity index (χ2n) is 4.40. The average Bonchev–Trinajstić information content (AvgIpc) is 2.36. The van der Waals surface area contributed by atoms with E-state index in [4.69, 9.17) is 11.6 Å². The number of amides is 1. The first kappa shape index (κ1) is 14.1. The number of nitrogens with one attached hydrogen (secondary N) is 1. The second-order valence-corrected chi connectivity index (χ2v) is 5.66. The lowest BCUT2D eigenvalue weighted by Gasteiger charge is -2.09. The molecule has 0 aliphatic heterocycles. The number of benzene rings is 2. The molecule has 0 bridgehead atoms. The van der Waals surface area contributed by atoms with Crippen LogP contribution < -0.4 is 5.32 Å². The second kappa shape index (κ2) is 5.76. The van der Waals surface area contributed by atoms with Crippen LogP contribution in [0.3, 0.4) is 0 Å². The Balaban J connectivity index is 2.23. The molecule has 2 rings (SSSR count). The Morgan fingerprint density at radius 3 is 2.53 bits per heavy atom. The predicted octanol–water partition coefficient (Wildman–Crippen LogP) is 4.97. The highest BCUT2D eigenvalue weighted by Gasteiger charge is 2.09. The molecule has 0 aliphatic carbocycles. The highest BCUT2D eigenvalue weighted by atomic mass is 79.9. The number of carbonyl (C=O) groups excluding carboxylic acids is 1. The Kier molecular flexibility index (Phi) is 4.27. The zero-order chi connectivity index (χ0) is 14.0. The van der Waals surface area contributed by atoms with Gasteiger partial charge >= 0.3 is 0 Å². The summed E-state index contributed by atoms with van der Waals surface area (Å²) in [6.07, 6.45) is 0. The standard InChI is InChI=1S/C15H13BrClNO/c1-9-3-6-14(13(17)7-9)18-15(19)11-4-5-12(16)10(2)8-11/h3-8H,1-2H3,(H,18,19). The first-order chi connectivity index (χ1) is 8.97. The highest BCUT2D eigenvalue weighted by molar-refractivity contribution is 9.10. The van der Waals surface area contributed by atoms with Gasteiger partial charge in [-0.1, -0.05) is 33.6 Å². The van der Waals surface area contributed by atoms with Crippen LogP contribution in [0.4, 0.5) is 5.69 Å². The van der Waals surface area contributed by atoms with E-state index in [0.29, 0.717) is 16.3 Å². The summed E-state index contributed by atoms with van der Waals surface area (Å²) in [6, 6.07) is 11.0. The van der Waals surface area contributed by atoms with Crippen LogP contribution in [0.15, 0.2) is 40.9 Å². The molecule has 0 atom stereocenters. The lowest BCUT2D eigenvalue weighted by molar-refractivity contribution is 0.102. The lowest BCUT2D eigenvalue weighted by atomic mass is 10.1. The predicted molar refractivity (Wildman–Crippen MR) is 83.0 cm³/mol. The van der Waals surface area contributed by atoms with Gasteiger partial charge in [0.2, 0.25) is 0 Å². The quantitative estimate of drug-likeness (QED) is 0.823. The van der Waals surface area contributed by atoms with E-state index in [1.165, 1.54) is 0 Å². The van der Waals surface area contributed by atoms with Crippen LogP contribution in [-0.4, -0.2) is 5.91 Å². The van der Waals surface area contributed by atoms with Crippen molar-refractivity contribution in [2.75, 3.05) is 5.32 Å².